The van der Waals surface area contributed by atoms with Gasteiger partial charge in [0.2, 0.25) is 11.7 Å². The molecule has 0 aliphatic heterocycles. The fraction of sp³-hybridized carbons (Fsp3) is 0.207. The molecule has 3 aromatic carbocycles. The van der Waals surface area contributed by atoms with Crippen molar-refractivity contribution >= 4 is 11.8 Å². The van der Waals surface area contributed by atoms with E-state index < -0.39 is 24.5 Å². The smallest absolute Gasteiger partial charge is 0.317 e. The minimum Gasteiger partial charge on any atom is -0.493 e. The third kappa shape index (κ3) is 6.91. The fourth-order valence-corrected chi connectivity index (χ4v) is 3.88. The van der Waals surface area contributed by atoms with Crippen molar-refractivity contribution in [2.24, 2.45) is 0 Å². The molecule has 1 aromatic heterocycles. The first-order valence-corrected chi connectivity index (χ1v) is 11.9. The Kier molecular flexibility index (Phi) is 8.45. The number of carboxylic acid groups (broad SMARTS) is 1. The summed E-state index contributed by atoms with van der Waals surface area (Å²) in [5.41, 5.74) is 2.79. The van der Waals surface area contributed by atoms with Crippen molar-refractivity contribution in [2.45, 2.75) is 26.1 Å². The summed E-state index contributed by atoms with van der Waals surface area (Å²) < 4.78 is 11.6. The summed E-state index contributed by atoms with van der Waals surface area (Å²) in [4.78, 5) is 29.8. The van der Waals surface area contributed by atoms with Crippen LogP contribution in [-0.4, -0.2) is 51.2 Å². The number of aliphatic hydroxyl groups excluding tert-OH is 1. The standard InChI is InChI=1S/C29H28N2O6/c1-20-25(30-28(37-20)23-10-6-3-7-11-23)16-17-36-24-14-12-21(13-15-24)18-31(19-26(32)33)29(35)27(34)22-8-4-2-5-9-22/h2-15,29,35H,16-19H2,1H3,(H,32,33). The first kappa shape index (κ1) is 25.8. The molecule has 8 heteroatoms. The maximum Gasteiger partial charge on any atom is 0.317 e. The number of nitrogens with zero attached hydrogens (tertiary/aromatic N) is 2. The molecular weight excluding hydrogens is 472 g/mol. The molecule has 0 aliphatic carbocycles. The van der Waals surface area contributed by atoms with Crippen molar-refractivity contribution in [2.75, 3.05) is 13.2 Å². The van der Waals surface area contributed by atoms with Gasteiger partial charge in [-0.05, 0) is 36.8 Å². The first-order valence-electron chi connectivity index (χ1n) is 11.9. The summed E-state index contributed by atoms with van der Waals surface area (Å²) in [7, 11) is 0. The van der Waals surface area contributed by atoms with Crippen molar-refractivity contribution in [1.82, 2.24) is 9.88 Å². The van der Waals surface area contributed by atoms with Gasteiger partial charge in [-0.2, -0.15) is 0 Å². The van der Waals surface area contributed by atoms with Gasteiger partial charge in [-0.15, -0.1) is 0 Å². The SMILES string of the molecule is Cc1oc(-c2ccccc2)nc1CCOc1ccc(CN(CC(=O)O)C(O)C(=O)c2ccccc2)cc1. The Balaban J connectivity index is 1.34. The molecule has 1 atom stereocenters. The molecule has 2 N–H and O–H groups in total. The van der Waals surface area contributed by atoms with Crippen LogP contribution in [0.2, 0.25) is 0 Å². The normalized spacial score (nSPS) is 11.9. The van der Waals surface area contributed by atoms with Crippen molar-refractivity contribution in [1.29, 1.82) is 0 Å². The van der Waals surface area contributed by atoms with Crippen LogP contribution < -0.4 is 4.74 Å². The van der Waals surface area contributed by atoms with E-state index in [0.29, 0.717) is 30.2 Å². The lowest BCUT2D eigenvalue weighted by molar-refractivity contribution is -0.140. The van der Waals surface area contributed by atoms with Crippen molar-refractivity contribution in [3.63, 3.8) is 0 Å². The quantitative estimate of drug-likeness (QED) is 0.218. The fourth-order valence-electron chi connectivity index (χ4n) is 3.88. The second-order valence-corrected chi connectivity index (χ2v) is 8.53. The summed E-state index contributed by atoms with van der Waals surface area (Å²) in [6.45, 7) is 1.87. The maximum atomic E-state index is 12.6. The van der Waals surface area contributed by atoms with Gasteiger partial charge in [0.05, 0.1) is 18.8 Å². The summed E-state index contributed by atoms with van der Waals surface area (Å²) in [6, 6.07) is 25.1. The summed E-state index contributed by atoms with van der Waals surface area (Å²) >= 11 is 0. The highest BCUT2D eigenvalue weighted by atomic mass is 16.5. The molecule has 0 radical (unpaired) electrons. The number of aliphatic hydroxyl groups is 1. The number of aliphatic carboxylic acids is 1. The molecule has 4 aromatic rings. The van der Waals surface area contributed by atoms with Crippen LogP contribution in [0.25, 0.3) is 11.5 Å². The molecule has 0 amide bonds. The van der Waals surface area contributed by atoms with Gasteiger partial charge in [0.1, 0.15) is 11.5 Å². The monoisotopic (exact) mass is 500 g/mol. The lowest BCUT2D eigenvalue weighted by Crippen LogP contribution is -2.43. The average Bonchev–Trinajstić information content (AvgIpc) is 3.29. The van der Waals surface area contributed by atoms with Gasteiger partial charge in [-0.25, -0.2) is 4.98 Å². The predicted octanol–water partition coefficient (Wildman–Crippen LogP) is 4.36. The first-order chi connectivity index (χ1) is 17.9. The second kappa shape index (κ2) is 12.1. The Labute approximate surface area is 214 Å². The molecule has 0 aliphatic rings. The molecule has 8 nitrogen and oxygen atoms in total. The van der Waals surface area contributed by atoms with Crippen LogP contribution in [0.3, 0.4) is 0 Å². The molecule has 1 heterocycles. The topological polar surface area (TPSA) is 113 Å². The van der Waals surface area contributed by atoms with Gasteiger partial charge in [0, 0.05) is 24.1 Å². The number of oxazole rings is 1. The van der Waals surface area contributed by atoms with Crippen molar-refractivity contribution in [3.8, 4) is 17.2 Å². The molecule has 37 heavy (non-hydrogen) atoms. The molecule has 0 saturated heterocycles. The molecular formula is C29H28N2O6. The van der Waals surface area contributed by atoms with E-state index in [1.165, 1.54) is 4.90 Å². The number of carbonyl (C=O) groups excluding carboxylic acids is 1. The highest BCUT2D eigenvalue weighted by Crippen LogP contribution is 2.22. The minimum atomic E-state index is -1.58. The number of benzene rings is 3. The van der Waals surface area contributed by atoms with Crippen molar-refractivity contribution in [3.05, 3.63) is 108 Å². The van der Waals surface area contributed by atoms with Gasteiger partial charge in [-0.1, -0.05) is 60.7 Å². The number of aromatic nitrogens is 1. The van der Waals surface area contributed by atoms with Gasteiger partial charge < -0.3 is 19.4 Å². The number of carboxylic acids is 1. The minimum absolute atomic E-state index is 0.0761. The molecule has 4 rings (SSSR count). The van der Waals surface area contributed by atoms with Crippen LogP contribution in [0.15, 0.2) is 89.3 Å². The van der Waals surface area contributed by atoms with Crippen LogP contribution in [0.1, 0.15) is 27.4 Å². The van der Waals surface area contributed by atoms with Crippen LogP contribution in [0, 0.1) is 6.92 Å². The number of hydrogen-bond acceptors (Lipinski definition) is 7. The Bertz CT molecular complexity index is 1320. The van der Waals surface area contributed by atoms with E-state index >= 15 is 0 Å². The van der Waals surface area contributed by atoms with E-state index in [2.05, 4.69) is 4.98 Å². The van der Waals surface area contributed by atoms with Gasteiger partial charge >= 0.3 is 5.97 Å². The lowest BCUT2D eigenvalue weighted by Gasteiger charge is -2.25. The molecule has 0 spiro atoms. The lowest BCUT2D eigenvalue weighted by atomic mass is 10.1. The third-order valence-electron chi connectivity index (χ3n) is 5.81. The Morgan fingerprint density at radius 1 is 0.973 bits per heavy atom. The largest absolute Gasteiger partial charge is 0.493 e. The number of carbonyl (C=O) groups is 2. The number of aryl methyl sites for hydroxylation is 1. The number of hydrogen-bond donors (Lipinski definition) is 2. The van der Waals surface area contributed by atoms with Gasteiger partial charge in [-0.3, -0.25) is 14.5 Å². The molecule has 190 valence electrons. The summed E-state index contributed by atoms with van der Waals surface area (Å²) in [6.07, 6.45) is -1.01. The number of rotatable bonds is 12. The van der Waals surface area contributed by atoms with E-state index in [0.717, 1.165) is 22.6 Å². The van der Waals surface area contributed by atoms with Crippen molar-refractivity contribution < 1.29 is 29.0 Å². The third-order valence-corrected chi connectivity index (χ3v) is 5.81. The predicted molar refractivity (Wildman–Crippen MR) is 137 cm³/mol. The van der Waals surface area contributed by atoms with Crippen LogP contribution in [0.5, 0.6) is 5.75 Å². The number of ketones is 1. The van der Waals surface area contributed by atoms with Crippen LogP contribution in [-0.2, 0) is 17.8 Å². The average molecular weight is 501 g/mol. The van der Waals surface area contributed by atoms with E-state index in [4.69, 9.17) is 9.15 Å². The van der Waals surface area contributed by atoms with Crippen LogP contribution in [0.4, 0.5) is 0 Å². The second-order valence-electron chi connectivity index (χ2n) is 8.53. The zero-order valence-corrected chi connectivity index (χ0v) is 20.4. The number of Topliss-reactive ketones (excluding diaryl/α,β-unsaturated/α-hetero) is 1. The molecule has 0 saturated carbocycles. The Morgan fingerprint density at radius 2 is 1.62 bits per heavy atom. The van der Waals surface area contributed by atoms with E-state index in [-0.39, 0.29) is 6.54 Å². The summed E-state index contributed by atoms with van der Waals surface area (Å²) in [5, 5.41) is 19.9. The highest BCUT2D eigenvalue weighted by molar-refractivity contribution is 5.99. The molecule has 0 bridgehead atoms. The number of ether oxygens (including phenoxy) is 1. The highest BCUT2D eigenvalue weighted by Gasteiger charge is 2.26. The molecule has 1 unspecified atom stereocenters. The molecule has 0 fully saturated rings. The Morgan fingerprint density at radius 3 is 2.27 bits per heavy atom. The van der Waals surface area contributed by atoms with Gasteiger partial charge in [0.15, 0.2) is 6.23 Å². The zero-order chi connectivity index (χ0) is 26.2. The van der Waals surface area contributed by atoms with E-state index in [1.54, 1.807) is 54.6 Å². The Hall–Kier alpha value is -4.27. The zero-order valence-electron chi connectivity index (χ0n) is 20.4. The van der Waals surface area contributed by atoms with Crippen LogP contribution >= 0.6 is 0 Å². The van der Waals surface area contributed by atoms with Gasteiger partial charge in [0.25, 0.3) is 0 Å². The maximum absolute atomic E-state index is 12.6. The van der Waals surface area contributed by atoms with E-state index in [9.17, 15) is 19.8 Å². The summed E-state index contributed by atoms with van der Waals surface area (Å²) in [5.74, 6) is 0.272. The van der Waals surface area contributed by atoms with E-state index in [1.807, 2.05) is 37.3 Å².